The van der Waals surface area contributed by atoms with E-state index in [2.05, 4.69) is 10.4 Å². The molecule has 0 saturated heterocycles. The molecular formula is C21H17ClF3N3O. The summed E-state index contributed by atoms with van der Waals surface area (Å²) < 4.78 is 40.5. The van der Waals surface area contributed by atoms with Gasteiger partial charge in [0.05, 0.1) is 17.1 Å². The normalized spacial score (nSPS) is 11.7. The molecule has 0 bridgehead atoms. The van der Waals surface area contributed by atoms with Gasteiger partial charge < -0.3 is 5.32 Å². The van der Waals surface area contributed by atoms with Crippen molar-refractivity contribution >= 4 is 23.6 Å². The van der Waals surface area contributed by atoms with Crippen LogP contribution in [-0.4, -0.2) is 15.7 Å². The van der Waals surface area contributed by atoms with Crippen LogP contribution in [0, 0.1) is 0 Å². The highest BCUT2D eigenvalue weighted by molar-refractivity contribution is 6.31. The van der Waals surface area contributed by atoms with Crippen molar-refractivity contribution in [3.63, 3.8) is 0 Å². The largest absolute Gasteiger partial charge is 0.417 e. The first kappa shape index (κ1) is 20.7. The topological polar surface area (TPSA) is 46.9 Å². The van der Waals surface area contributed by atoms with Gasteiger partial charge in [0.25, 0.3) is 0 Å². The van der Waals surface area contributed by atoms with Gasteiger partial charge in [-0.1, -0.05) is 41.9 Å². The maximum absolute atomic E-state index is 12.9. The molecule has 0 saturated carbocycles. The minimum atomic E-state index is -4.55. The fourth-order valence-corrected chi connectivity index (χ4v) is 2.95. The quantitative estimate of drug-likeness (QED) is 0.576. The van der Waals surface area contributed by atoms with Crippen LogP contribution in [0.5, 0.6) is 0 Å². The number of aromatic nitrogens is 2. The lowest BCUT2D eigenvalue weighted by molar-refractivity contribution is -0.137. The van der Waals surface area contributed by atoms with E-state index < -0.39 is 17.6 Å². The van der Waals surface area contributed by atoms with E-state index in [9.17, 15) is 18.0 Å². The molecule has 0 radical (unpaired) electrons. The Bertz CT molecular complexity index is 1010. The first-order valence-corrected chi connectivity index (χ1v) is 9.07. The second kappa shape index (κ2) is 8.96. The molecule has 0 unspecified atom stereocenters. The van der Waals surface area contributed by atoms with E-state index in [4.69, 9.17) is 11.6 Å². The standard InChI is InChI=1S/C21H17ClF3N3O/c22-19-8-6-15(12-18(19)21(23,24)25)7-9-20(29)26-13-16-4-1-2-5-17(16)14-28-11-3-10-27-28/h1-12H,13-14H2,(H,26,29)/b9-7+. The van der Waals surface area contributed by atoms with Crippen molar-refractivity contribution in [3.05, 3.63) is 94.3 Å². The maximum atomic E-state index is 12.9. The zero-order valence-corrected chi connectivity index (χ0v) is 15.9. The Kier molecular flexibility index (Phi) is 6.39. The van der Waals surface area contributed by atoms with Gasteiger partial charge in [-0.15, -0.1) is 0 Å². The molecule has 0 aliphatic carbocycles. The number of alkyl halides is 3. The van der Waals surface area contributed by atoms with Gasteiger partial charge in [-0.3, -0.25) is 9.48 Å². The number of carbonyl (C=O) groups excluding carboxylic acids is 1. The number of benzene rings is 2. The predicted molar refractivity (Wildman–Crippen MR) is 105 cm³/mol. The van der Waals surface area contributed by atoms with Gasteiger partial charge >= 0.3 is 6.18 Å². The summed E-state index contributed by atoms with van der Waals surface area (Å²) >= 11 is 5.60. The van der Waals surface area contributed by atoms with Crippen LogP contribution in [-0.2, 0) is 24.1 Å². The fourth-order valence-electron chi connectivity index (χ4n) is 2.73. The molecule has 1 aromatic heterocycles. The lowest BCUT2D eigenvalue weighted by atomic mass is 10.1. The SMILES string of the molecule is O=C(/C=C/c1ccc(Cl)c(C(F)(F)F)c1)NCc1ccccc1Cn1cccn1. The Balaban J connectivity index is 1.64. The number of nitrogens with one attached hydrogen (secondary N) is 1. The molecule has 1 heterocycles. The molecule has 29 heavy (non-hydrogen) atoms. The van der Waals surface area contributed by atoms with Crippen LogP contribution < -0.4 is 5.32 Å². The van der Waals surface area contributed by atoms with Crippen LogP contribution >= 0.6 is 11.6 Å². The van der Waals surface area contributed by atoms with Gasteiger partial charge in [-0.05, 0) is 41.0 Å². The summed E-state index contributed by atoms with van der Waals surface area (Å²) in [5, 5.41) is 6.53. The Labute approximate surface area is 170 Å². The number of hydrogen-bond acceptors (Lipinski definition) is 2. The van der Waals surface area contributed by atoms with Crippen molar-refractivity contribution in [2.24, 2.45) is 0 Å². The van der Waals surface area contributed by atoms with Crippen molar-refractivity contribution in [2.45, 2.75) is 19.3 Å². The molecule has 1 N–H and O–H groups in total. The second-order valence-corrected chi connectivity index (χ2v) is 6.67. The molecule has 0 atom stereocenters. The third kappa shape index (κ3) is 5.71. The molecule has 0 spiro atoms. The summed E-state index contributed by atoms with van der Waals surface area (Å²) in [5.41, 5.74) is 1.23. The lowest BCUT2D eigenvalue weighted by Gasteiger charge is -2.10. The fraction of sp³-hybridized carbons (Fsp3) is 0.143. The minimum absolute atomic E-state index is 0.232. The summed E-state index contributed by atoms with van der Waals surface area (Å²) in [6.07, 6.45) is 1.49. The van der Waals surface area contributed by atoms with Crippen LogP contribution in [0.1, 0.15) is 22.3 Å². The highest BCUT2D eigenvalue weighted by atomic mass is 35.5. The van der Waals surface area contributed by atoms with Crippen molar-refractivity contribution in [1.82, 2.24) is 15.1 Å². The minimum Gasteiger partial charge on any atom is -0.348 e. The molecule has 0 aliphatic heterocycles. The number of carbonyl (C=O) groups is 1. The van der Waals surface area contributed by atoms with Gasteiger partial charge in [0.15, 0.2) is 0 Å². The summed E-state index contributed by atoms with van der Waals surface area (Å²) in [4.78, 5) is 12.1. The Hall–Kier alpha value is -3.06. The Morgan fingerprint density at radius 1 is 1.14 bits per heavy atom. The molecule has 0 fully saturated rings. The molecular weight excluding hydrogens is 403 g/mol. The van der Waals surface area contributed by atoms with Crippen LogP contribution in [0.2, 0.25) is 5.02 Å². The van der Waals surface area contributed by atoms with E-state index >= 15 is 0 Å². The van der Waals surface area contributed by atoms with Crippen LogP contribution in [0.3, 0.4) is 0 Å². The summed E-state index contributed by atoms with van der Waals surface area (Å²) in [6, 6.07) is 12.9. The summed E-state index contributed by atoms with van der Waals surface area (Å²) in [5.74, 6) is -0.414. The Morgan fingerprint density at radius 2 is 1.90 bits per heavy atom. The predicted octanol–water partition coefficient (Wildman–Crippen LogP) is 4.93. The number of hydrogen-bond donors (Lipinski definition) is 1. The average molecular weight is 420 g/mol. The van der Waals surface area contributed by atoms with E-state index in [0.717, 1.165) is 23.3 Å². The molecule has 8 heteroatoms. The first-order valence-electron chi connectivity index (χ1n) is 8.70. The molecule has 3 rings (SSSR count). The van der Waals surface area contributed by atoms with Gasteiger partial charge in [-0.2, -0.15) is 18.3 Å². The Morgan fingerprint density at radius 3 is 2.59 bits per heavy atom. The number of nitrogens with zero attached hydrogens (tertiary/aromatic N) is 2. The molecule has 4 nitrogen and oxygen atoms in total. The van der Waals surface area contributed by atoms with Crippen molar-refractivity contribution in [1.29, 1.82) is 0 Å². The summed E-state index contributed by atoms with van der Waals surface area (Å²) in [7, 11) is 0. The van der Waals surface area contributed by atoms with Gasteiger partial charge in [-0.25, -0.2) is 0 Å². The highest BCUT2D eigenvalue weighted by Gasteiger charge is 2.33. The second-order valence-electron chi connectivity index (χ2n) is 6.26. The third-order valence-electron chi connectivity index (χ3n) is 4.19. The van der Waals surface area contributed by atoms with E-state index in [1.807, 2.05) is 36.5 Å². The average Bonchev–Trinajstić information content (AvgIpc) is 3.19. The molecule has 150 valence electrons. The van der Waals surface area contributed by atoms with Gasteiger partial charge in [0.2, 0.25) is 5.91 Å². The molecule has 3 aromatic rings. The van der Waals surface area contributed by atoms with E-state index in [1.54, 1.807) is 10.9 Å². The smallest absolute Gasteiger partial charge is 0.348 e. The van der Waals surface area contributed by atoms with Crippen molar-refractivity contribution in [2.75, 3.05) is 0 Å². The number of halogens is 4. The lowest BCUT2D eigenvalue weighted by Crippen LogP contribution is -2.21. The summed E-state index contributed by atoms with van der Waals surface area (Å²) in [6.45, 7) is 0.856. The first-order chi connectivity index (χ1) is 13.8. The molecule has 0 aliphatic rings. The highest BCUT2D eigenvalue weighted by Crippen LogP contribution is 2.35. The van der Waals surface area contributed by atoms with E-state index in [-0.39, 0.29) is 17.1 Å². The van der Waals surface area contributed by atoms with E-state index in [1.165, 1.54) is 18.2 Å². The number of amides is 1. The van der Waals surface area contributed by atoms with Gasteiger partial charge in [0.1, 0.15) is 0 Å². The zero-order chi connectivity index (χ0) is 20.9. The van der Waals surface area contributed by atoms with Gasteiger partial charge in [0, 0.05) is 25.0 Å². The molecule has 1 amide bonds. The van der Waals surface area contributed by atoms with Crippen LogP contribution in [0.25, 0.3) is 6.08 Å². The van der Waals surface area contributed by atoms with E-state index in [0.29, 0.717) is 6.54 Å². The van der Waals surface area contributed by atoms with Crippen molar-refractivity contribution < 1.29 is 18.0 Å². The zero-order valence-electron chi connectivity index (χ0n) is 15.2. The monoisotopic (exact) mass is 419 g/mol. The van der Waals surface area contributed by atoms with Crippen molar-refractivity contribution in [3.8, 4) is 0 Å². The van der Waals surface area contributed by atoms with Crippen LogP contribution in [0.4, 0.5) is 13.2 Å². The van der Waals surface area contributed by atoms with Crippen LogP contribution in [0.15, 0.2) is 67.0 Å². The third-order valence-corrected chi connectivity index (χ3v) is 4.52. The molecule has 2 aromatic carbocycles. The number of rotatable bonds is 6. The maximum Gasteiger partial charge on any atom is 0.417 e.